The molecular weight excluding hydrogens is 231 g/mol. The molecular formula is C8H12Cl2O4. The van der Waals surface area contributed by atoms with Crippen molar-refractivity contribution >= 4 is 35.1 Å². The molecule has 0 bridgehead atoms. The summed E-state index contributed by atoms with van der Waals surface area (Å²) in [5.74, 6) is -1.47. The lowest BCUT2D eigenvalue weighted by Crippen LogP contribution is -2.31. The van der Waals surface area contributed by atoms with E-state index in [-0.39, 0.29) is 13.2 Å². The van der Waals surface area contributed by atoms with Crippen molar-refractivity contribution in [2.24, 2.45) is 0 Å². The van der Waals surface area contributed by atoms with E-state index in [1.165, 1.54) is 0 Å². The standard InChI is InChI=1S/C8H12Cl2O4/c1-3-13-6(11)5-8(9,10)7(12)14-4-2/h3-5H2,1-2H3. The Bertz CT molecular complexity index is 215. The maximum absolute atomic E-state index is 11.1. The minimum absolute atomic E-state index is 0.156. The van der Waals surface area contributed by atoms with E-state index in [9.17, 15) is 9.59 Å². The normalized spacial score (nSPS) is 10.9. The first kappa shape index (κ1) is 13.5. The average molecular weight is 243 g/mol. The number of hydrogen-bond acceptors (Lipinski definition) is 4. The summed E-state index contributed by atoms with van der Waals surface area (Å²) in [6, 6.07) is 0. The zero-order valence-electron chi connectivity index (χ0n) is 8.01. The molecule has 0 radical (unpaired) electrons. The van der Waals surface area contributed by atoms with Gasteiger partial charge in [-0.05, 0) is 13.8 Å². The minimum atomic E-state index is -1.86. The summed E-state index contributed by atoms with van der Waals surface area (Å²) in [5.41, 5.74) is 0. The first-order valence-corrected chi connectivity index (χ1v) is 4.90. The Morgan fingerprint density at radius 3 is 2.07 bits per heavy atom. The van der Waals surface area contributed by atoms with Gasteiger partial charge in [-0.15, -0.1) is 0 Å². The maximum Gasteiger partial charge on any atom is 0.343 e. The number of esters is 2. The fraction of sp³-hybridized carbons (Fsp3) is 0.750. The Labute approximate surface area is 92.5 Å². The Kier molecular flexibility index (Phi) is 5.88. The van der Waals surface area contributed by atoms with Gasteiger partial charge in [-0.25, -0.2) is 4.79 Å². The molecule has 0 atom stereocenters. The van der Waals surface area contributed by atoms with Crippen molar-refractivity contribution < 1.29 is 19.1 Å². The van der Waals surface area contributed by atoms with E-state index >= 15 is 0 Å². The summed E-state index contributed by atoms with van der Waals surface area (Å²) in [7, 11) is 0. The predicted molar refractivity (Wildman–Crippen MR) is 52.3 cm³/mol. The summed E-state index contributed by atoms with van der Waals surface area (Å²) in [4.78, 5) is 22.1. The minimum Gasteiger partial charge on any atom is -0.466 e. The largest absolute Gasteiger partial charge is 0.466 e. The zero-order valence-corrected chi connectivity index (χ0v) is 9.52. The first-order valence-electron chi connectivity index (χ1n) is 4.14. The van der Waals surface area contributed by atoms with Crippen LogP contribution >= 0.6 is 23.2 Å². The Morgan fingerprint density at radius 2 is 1.64 bits per heavy atom. The van der Waals surface area contributed by atoms with E-state index < -0.39 is 22.7 Å². The lowest BCUT2D eigenvalue weighted by atomic mass is 10.3. The molecule has 82 valence electrons. The molecule has 0 saturated carbocycles. The van der Waals surface area contributed by atoms with Gasteiger partial charge in [-0.1, -0.05) is 23.2 Å². The third-order valence-corrected chi connectivity index (χ3v) is 1.82. The van der Waals surface area contributed by atoms with E-state index in [1.807, 2.05) is 0 Å². The maximum atomic E-state index is 11.1. The highest BCUT2D eigenvalue weighted by molar-refractivity contribution is 6.58. The van der Waals surface area contributed by atoms with Crippen LogP contribution < -0.4 is 0 Å². The predicted octanol–water partition coefficient (Wildman–Crippen LogP) is 1.68. The van der Waals surface area contributed by atoms with Crippen molar-refractivity contribution in [3.8, 4) is 0 Å². The lowest BCUT2D eigenvalue weighted by Gasteiger charge is -2.15. The third kappa shape index (κ3) is 4.67. The molecule has 6 heteroatoms. The number of halogens is 2. The Morgan fingerprint density at radius 1 is 1.14 bits per heavy atom. The van der Waals surface area contributed by atoms with Gasteiger partial charge < -0.3 is 9.47 Å². The van der Waals surface area contributed by atoms with Crippen LogP contribution in [0, 0.1) is 0 Å². The van der Waals surface area contributed by atoms with Crippen LogP contribution in [0.1, 0.15) is 20.3 Å². The van der Waals surface area contributed by atoms with Crippen molar-refractivity contribution in [2.75, 3.05) is 13.2 Å². The van der Waals surface area contributed by atoms with E-state index in [0.717, 1.165) is 0 Å². The molecule has 0 fully saturated rings. The van der Waals surface area contributed by atoms with Gasteiger partial charge in [0.1, 0.15) is 0 Å². The van der Waals surface area contributed by atoms with Gasteiger partial charge in [0.05, 0.1) is 19.6 Å². The molecule has 0 aliphatic heterocycles. The van der Waals surface area contributed by atoms with Crippen LogP contribution in [0.15, 0.2) is 0 Å². The Hall–Kier alpha value is -0.480. The fourth-order valence-corrected chi connectivity index (χ4v) is 1.03. The molecule has 0 aromatic rings. The number of ether oxygens (including phenoxy) is 2. The van der Waals surface area contributed by atoms with Gasteiger partial charge in [-0.3, -0.25) is 4.79 Å². The molecule has 0 heterocycles. The van der Waals surface area contributed by atoms with Crippen LogP contribution in [0.5, 0.6) is 0 Å². The smallest absolute Gasteiger partial charge is 0.343 e. The highest BCUT2D eigenvalue weighted by Crippen LogP contribution is 2.27. The molecule has 0 aliphatic rings. The number of carbonyl (C=O) groups excluding carboxylic acids is 2. The molecule has 0 aliphatic carbocycles. The van der Waals surface area contributed by atoms with Gasteiger partial charge >= 0.3 is 11.9 Å². The molecule has 0 unspecified atom stereocenters. The monoisotopic (exact) mass is 242 g/mol. The van der Waals surface area contributed by atoms with Gasteiger partial charge in [0.25, 0.3) is 0 Å². The van der Waals surface area contributed by atoms with Gasteiger partial charge in [0.15, 0.2) is 0 Å². The summed E-state index contributed by atoms with van der Waals surface area (Å²) in [6.45, 7) is 3.63. The highest BCUT2D eigenvalue weighted by Gasteiger charge is 2.38. The molecule has 0 spiro atoms. The lowest BCUT2D eigenvalue weighted by molar-refractivity contribution is -0.150. The van der Waals surface area contributed by atoms with Gasteiger partial charge in [0, 0.05) is 0 Å². The summed E-state index contributed by atoms with van der Waals surface area (Å²) in [6.07, 6.45) is -0.414. The van der Waals surface area contributed by atoms with Crippen molar-refractivity contribution in [2.45, 2.75) is 24.6 Å². The van der Waals surface area contributed by atoms with Crippen molar-refractivity contribution in [1.82, 2.24) is 0 Å². The topological polar surface area (TPSA) is 52.6 Å². The van der Waals surface area contributed by atoms with E-state index in [0.29, 0.717) is 0 Å². The van der Waals surface area contributed by atoms with E-state index in [4.69, 9.17) is 23.2 Å². The second-order valence-electron chi connectivity index (χ2n) is 2.41. The van der Waals surface area contributed by atoms with Crippen molar-refractivity contribution in [1.29, 1.82) is 0 Å². The second kappa shape index (κ2) is 6.09. The zero-order chi connectivity index (χ0) is 11.2. The second-order valence-corrected chi connectivity index (χ2v) is 3.89. The molecule has 0 rings (SSSR count). The Balaban J connectivity index is 4.18. The molecule has 0 aromatic carbocycles. The molecule has 0 aromatic heterocycles. The molecule has 0 saturated heterocycles. The van der Waals surface area contributed by atoms with Crippen LogP contribution in [0.25, 0.3) is 0 Å². The van der Waals surface area contributed by atoms with Crippen LogP contribution in [-0.2, 0) is 19.1 Å². The van der Waals surface area contributed by atoms with E-state index in [2.05, 4.69) is 9.47 Å². The summed E-state index contributed by atoms with van der Waals surface area (Å²) < 4.78 is 7.31. The number of hydrogen-bond donors (Lipinski definition) is 0. The van der Waals surface area contributed by atoms with Crippen molar-refractivity contribution in [3.05, 3.63) is 0 Å². The van der Waals surface area contributed by atoms with Crippen LogP contribution in [0.3, 0.4) is 0 Å². The van der Waals surface area contributed by atoms with Gasteiger partial charge in [-0.2, -0.15) is 0 Å². The van der Waals surface area contributed by atoms with Crippen LogP contribution in [0.2, 0.25) is 0 Å². The number of rotatable bonds is 5. The number of alkyl halides is 2. The molecule has 4 nitrogen and oxygen atoms in total. The molecule has 14 heavy (non-hydrogen) atoms. The molecule has 0 amide bonds. The fourth-order valence-electron chi connectivity index (χ4n) is 0.702. The molecule has 0 N–H and O–H groups in total. The van der Waals surface area contributed by atoms with Crippen LogP contribution in [-0.4, -0.2) is 29.5 Å². The summed E-state index contributed by atoms with van der Waals surface area (Å²) >= 11 is 11.2. The van der Waals surface area contributed by atoms with Gasteiger partial charge in [0.2, 0.25) is 4.33 Å². The van der Waals surface area contributed by atoms with Crippen LogP contribution in [0.4, 0.5) is 0 Å². The highest BCUT2D eigenvalue weighted by atomic mass is 35.5. The SMILES string of the molecule is CCOC(=O)CC(Cl)(Cl)C(=O)OCC. The number of carbonyl (C=O) groups is 2. The average Bonchev–Trinajstić information content (AvgIpc) is 2.03. The first-order chi connectivity index (χ1) is 6.44. The van der Waals surface area contributed by atoms with E-state index in [1.54, 1.807) is 13.8 Å². The third-order valence-electron chi connectivity index (χ3n) is 1.25. The summed E-state index contributed by atoms with van der Waals surface area (Å²) in [5, 5.41) is 0. The quantitative estimate of drug-likeness (QED) is 0.544. The van der Waals surface area contributed by atoms with Crippen molar-refractivity contribution in [3.63, 3.8) is 0 Å².